The van der Waals surface area contributed by atoms with Crippen LogP contribution in [0.25, 0.3) is 0 Å². The molecule has 0 radical (unpaired) electrons. The number of hydrogen-bond donors (Lipinski definition) is 2. The molecule has 0 aliphatic rings. The highest BCUT2D eigenvalue weighted by molar-refractivity contribution is 5.80. The molecule has 19 heavy (non-hydrogen) atoms. The second-order valence-corrected chi connectivity index (χ2v) is 4.95. The van der Waals surface area contributed by atoms with Gasteiger partial charge in [-0.25, -0.2) is 9.97 Å². The van der Waals surface area contributed by atoms with Crippen molar-refractivity contribution in [2.75, 3.05) is 32.1 Å². The van der Waals surface area contributed by atoms with Crippen LogP contribution in [0.15, 0.2) is 12.4 Å². The fraction of sp³-hybridized carbons (Fsp3) is 0.615. The number of anilines is 1. The quantitative estimate of drug-likeness (QED) is 0.747. The lowest BCUT2D eigenvalue weighted by Gasteiger charge is -2.15. The molecule has 2 N–H and O–H groups in total. The SMILES string of the molecule is CNC(=O)CN(C)c1ncc(CNCC(C)C)cn1. The number of amides is 1. The van der Waals surface area contributed by atoms with Gasteiger partial charge in [-0.05, 0) is 12.5 Å². The zero-order valence-corrected chi connectivity index (χ0v) is 12.1. The van der Waals surface area contributed by atoms with Gasteiger partial charge in [-0.15, -0.1) is 0 Å². The molecule has 6 heteroatoms. The maximum absolute atomic E-state index is 11.2. The van der Waals surface area contributed by atoms with E-state index in [1.807, 2.05) is 0 Å². The molecule has 1 rings (SSSR count). The van der Waals surface area contributed by atoms with Crippen LogP contribution >= 0.6 is 0 Å². The number of carbonyl (C=O) groups excluding carboxylic acids is 1. The fourth-order valence-electron chi connectivity index (χ4n) is 1.51. The third-order valence-corrected chi connectivity index (χ3v) is 2.57. The van der Waals surface area contributed by atoms with Crippen LogP contribution in [-0.2, 0) is 11.3 Å². The molecular weight excluding hydrogens is 242 g/mol. The molecule has 0 spiro atoms. The summed E-state index contributed by atoms with van der Waals surface area (Å²) >= 11 is 0. The van der Waals surface area contributed by atoms with Crippen molar-refractivity contribution >= 4 is 11.9 Å². The van der Waals surface area contributed by atoms with Crippen molar-refractivity contribution in [2.45, 2.75) is 20.4 Å². The van der Waals surface area contributed by atoms with Gasteiger partial charge in [0.2, 0.25) is 11.9 Å². The number of hydrogen-bond acceptors (Lipinski definition) is 5. The van der Waals surface area contributed by atoms with Crippen molar-refractivity contribution in [1.82, 2.24) is 20.6 Å². The topological polar surface area (TPSA) is 70.2 Å². The van der Waals surface area contributed by atoms with E-state index in [-0.39, 0.29) is 12.5 Å². The molecule has 0 saturated heterocycles. The minimum atomic E-state index is -0.0613. The van der Waals surface area contributed by atoms with Crippen molar-refractivity contribution in [3.8, 4) is 0 Å². The van der Waals surface area contributed by atoms with Gasteiger partial charge in [0.25, 0.3) is 0 Å². The van der Waals surface area contributed by atoms with Crippen molar-refractivity contribution in [1.29, 1.82) is 0 Å². The number of aromatic nitrogens is 2. The van der Waals surface area contributed by atoms with Gasteiger partial charge in [-0.2, -0.15) is 0 Å². The van der Waals surface area contributed by atoms with Gasteiger partial charge in [0.05, 0.1) is 6.54 Å². The van der Waals surface area contributed by atoms with E-state index in [2.05, 4.69) is 34.4 Å². The Morgan fingerprint density at radius 3 is 2.53 bits per heavy atom. The molecule has 1 aromatic heterocycles. The standard InChI is InChI=1S/C13H23N5O/c1-10(2)5-15-6-11-7-16-13(17-8-11)18(4)9-12(19)14-3/h7-8,10,15H,5-6,9H2,1-4H3,(H,14,19). The number of carbonyl (C=O) groups is 1. The van der Waals surface area contributed by atoms with E-state index in [9.17, 15) is 4.79 Å². The average molecular weight is 265 g/mol. The van der Waals surface area contributed by atoms with Gasteiger partial charge in [0.1, 0.15) is 0 Å². The molecule has 106 valence electrons. The predicted molar refractivity (Wildman–Crippen MR) is 75.9 cm³/mol. The Morgan fingerprint density at radius 2 is 2.00 bits per heavy atom. The number of rotatable bonds is 7. The van der Waals surface area contributed by atoms with Crippen LogP contribution in [-0.4, -0.2) is 43.1 Å². The highest BCUT2D eigenvalue weighted by Gasteiger charge is 2.08. The van der Waals surface area contributed by atoms with Gasteiger partial charge in [0.15, 0.2) is 0 Å². The summed E-state index contributed by atoms with van der Waals surface area (Å²) in [5.41, 5.74) is 1.04. The molecule has 0 fully saturated rings. The van der Waals surface area contributed by atoms with E-state index < -0.39 is 0 Å². The van der Waals surface area contributed by atoms with Crippen LogP contribution in [0, 0.1) is 5.92 Å². The Labute approximate surface area is 114 Å². The Balaban J connectivity index is 2.48. The van der Waals surface area contributed by atoms with Gasteiger partial charge < -0.3 is 15.5 Å². The first-order valence-electron chi connectivity index (χ1n) is 6.46. The second-order valence-electron chi connectivity index (χ2n) is 4.95. The molecule has 0 saturated carbocycles. The lowest BCUT2D eigenvalue weighted by atomic mass is 10.2. The Kier molecular flexibility index (Phi) is 6.21. The number of nitrogens with zero attached hydrogens (tertiary/aromatic N) is 3. The molecule has 0 bridgehead atoms. The first kappa shape index (κ1) is 15.4. The summed E-state index contributed by atoms with van der Waals surface area (Å²) in [7, 11) is 3.40. The van der Waals surface area contributed by atoms with Crippen molar-refractivity contribution < 1.29 is 4.79 Å². The summed E-state index contributed by atoms with van der Waals surface area (Å²) in [6, 6.07) is 0. The van der Waals surface area contributed by atoms with Crippen molar-refractivity contribution in [2.24, 2.45) is 5.92 Å². The van der Waals surface area contributed by atoms with Gasteiger partial charge in [-0.3, -0.25) is 4.79 Å². The molecule has 0 atom stereocenters. The minimum absolute atomic E-state index is 0.0613. The maximum atomic E-state index is 11.2. The Hall–Kier alpha value is -1.69. The fourth-order valence-corrected chi connectivity index (χ4v) is 1.51. The van der Waals surface area contributed by atoms with Crippen molar-refractivity contribution in [3.05, 3.63) is 18.0 Å². The summed E-state index contributed by atoms with van der Waals surface area (Å²) in [6.07, 6.45) is 3.58. The molecule has 1 amide bonds. The predicted octanol–water partition coefficient (Wildman–Crippen LogP) is 0.404. The number of likely N-dealkylation sites (N-methyl/N-ethyl adjacent to an activating group) is 2. The van der Waals surface area contributed by atoms with Gasteiger partial charge in [-0.1, -0.05) is 13.8 Å². The first-order chi connectivity index (χ1) is 9.02. The molecule has 0 unspecified atom stereocenters. The molecular formula is C13H23N5O. The van der Waals surface area contributed by atoms with Crippen molar-refractivity contribution in [3.63, 3.8) is 0 Å². The van der Waals surface area contributed by atoms with Gasteiger partial charge in [0, 0.05) is 38.6 Å². The lowest BCUT2D eigenvalue weighted by Crippen LogP contribution is -2.33. The van der Waals surface area contributed by atoms with Crippen LogP contribution in [0.5, 0.6) is 0 Å². The normalized spacial score (nSPS) is 10.6. The van der Waals surface area contributed by atoms with E-state index in [1.54, 1.807) is 31.4 Å². The molecule has 1 heterocycles. The van der Waals surface area contributed by atoms with E-state index >= 15 is 0 Å². The largest absolute Gasteiger partial charge is 0.358 e. The van der Waals surface area contributed by atoms with Crippen LogP contribution in [0.4, 0.5) is 5.95 Å². The second kappa shape index (κ2) is 7.68. The zero-order valence-electron chi connectivity index (χ0n) is 12.1. The molecule has 0 aliphatic carbocycles. The Bertz CT molecular complexity index is 391. The summed E-state index contributed by atoms with van der Waals surface area (Å²) in [4.78, 5) is 21.5. The highest BCUT2D eigenvalue weighted by atomic mass is 16.1. The van der Waals surface area contributed by atoms with E-state index in [0.717, 1.165) is 18.7 Å². The van der Waals surface area contributed by atoms with Crippen LogP contribution in [0.2, 0.25) is 0 Å². The third kappa shape index (κ3) is 5.65. The van der Waals surface area contributed by atoms with Crippen LogP contribution in [0.1, 0.15) is 19.4 Å². The Morgan fingerprint density at radius 1 is 1.37 bits per heavy atom. The summed E-state index contributed by atoms with van der Waals surface area (Å²) in [5.74, 6) is 1.11. The van der Waals surface area contributed by atoms with E-state index in [0.29, 0.717) is 11.9 Å². The summed E-state index contributed by atoms with van der Waals surface area (Å²) in [6.45, 7) is 6.32. The minimum Gasteiger partial charge on any atom is -0.358 e. The monoisotopic (exact) mass is 265 g/mol. The summed E-state index contributed by atoms with van der Waals surface area (Å²) in [5, 5.41) is 5.90. The highest BCUT2D eigenvalue weighted by Crippen LogP contribution is 2.04. The molecule has 1 aromatic rings. The van der Waals surface area contributed by atoms with E-state index in [4.69, 9.17) is 0 Å². The molecule has 6 nitrogen and oxygen atoms in total. The van der Waals surface area contributed by atoms with Crippen LogP contribution < -0.4 is 15.5 Å². The van der Waals surface area contributed by atoms with Crippen LogP contribution in [0.3, 0.4) is 0 Å². The summed E-state index contributed by atoms with van der Waals surface area (Å²) < 4.78 is 0. The average Bonchev–Trinajstić information content (AvgIpc) is 2.38. The maximum Gasteiger partial charge on any atom is 0.239 e. The first-order valence-corrected chi connectivity index (χ1v) is 6.46. The molecule has 0 aromatic carbocycles. The molecule has 0 aliphatic heterocycles. The van der Waals surface area contributed by atoms with Gasteiger partial charge >= 0.3 is 0 Å². The third-order valence-electron chi connectivity index (χ3n) is 2.57. The van der Waals surface area contributed by atoms with E-state index in [1.165, 1.54) is 0 Å². The zero-order chi connectivity index (χ0) is 14.3. The number of nitrogens with one attached hydrogen (secondary N) is 2. The lowest BCUT2D eigenvalue weighted by molar-refractivity contribution is -0.119. The smallest absolute Gasteiger partial charge is 0.239 e.